The summed E-state index contributed by atoms with van der Waals surface area (Å²) in [6.07, 6.45) is 3.16. The Morgan fingerprint density at radius 1 is 1.30 bits per heavy atom. The third kappa shape index (κ3) is 2.64. The van der Waals surface area contributed by atoms with Crippen LogP contribution < -0.4 is 11.2 Å². The maximum atomic E-state index is 13.1. The lowest BCUT2D eigenvalue weighted by molar-refractivity contribution is -0.134. The molecule has 27 heavy (non-hydrogen) atoms. The number of carbonyl (C=O) groups excluding carboxylic acids is 1. The van der Waals surface area contributed by atoms with Crippen LogP contribution in [0.4, 0.5) is 0 Å². The zero-order chi connectivity index (χ0) is 19.3. The van der Waals surface area contributed by atoms with Crippen LogP contribution in [0.15, 0.2) is 27.4 Å². The van der Waals surface area contributed by atoms with Crippen molar-refractivity contribution in [3.63, 3.8) is 0 Å². The molecule has 4 heterocycles. The first-order chi connectivity index (χ1) is 12.9. The molecular weight excluding hydrogens is 366 g/mol. The second kappa shape index (κ2) is 6.49. The van der Waals surface area contributed by atoms with E-state index >= 15 is 0 Å². The number of hydrogen-bond acceptors (Lipinski definition) is 5. The first kappa shape index (κ1) is 17.7. The summed E-state index contributed by atoms with van der Waals surface area (Å²) in [5, 5.41) is 2.08. The highest BCUT2D eigenvalue weighted by Crippen LogP contribution is 2.35. The molecule has 0 aliphatic carbocycles. The molecule has 4 rings (SSSR count). The molecule has 0 N–H and O–H groups in total. The lowest BCUT2D eigenvalue weighted by Crippen LogP contribution is -2.41. The summed E-state index contributed by atoms with van der Waals surface area (Å²) in [4.78, 5) is 45.1. The lowest BCUT2D eigenvalue weighted by Gasteiger charge is -2.35. The third-order valence-corrected chi connectivity index (χ3v) is 6.32. The first-order valence-corrected chi connectivity index (χ1v) is 9.78. The van der Waals surface area contributed by atoms with Gasteiger partial charge in [0.05, 0.1) is 12.4 Å². The quantitative estimate of drug-likeness (QED) is 0.672. The number of thiophene rings is 1. The van der Waals surface area contributed by atoms with Crippen LogP contribution in [-0.4, -0.2) is 36.0 Å². The van der Waals surface area contributed by atoms with E-state index in [9.17, 15) is 14.4 Å². The van der Waals surface area contributed by atoms with Gasteiger partial charge >= 0.3 is 5.69 Å². The molecule has 1 atom stereocenters. The van der Waals surface area contributed by atoms with Crippen molar-refractivity contribution >= 4 is 28.4 Å². The minimum absolute atomic E-state index is 0.0277. The van der Waals surface area contributed by atoms with E-state index in [2.05, 4.69) is 23.4 Å². The maximum absolute atomic E-state index is 13.1. The number of imidazole rings is 1. The van der Waals surface area contributed by atoms with Crippen molar-refractivity contribution in [3.8, 4) is 0 Å². The van der Waals surface area contributed by atoms with E-state index in [-0.39, 0.29) is 24.0 Å². The molecule has 0 bridgehead atoms. The monoisotopic (exact) mass is 387 g/mol. The summed E-state index contributed by atoms with van der Waals surface area (Å²) in [5.41, 5.74) is 0.923. The number of nitrogens with zero attached hydrogens (tertiary/aromatic N) is 5. The molecule has 1 aliphatic heterocycles. The summed E-state index contributed by atoms with van der Waals surface area (Å²) in [6.45, 7) is 2.78. The molecule has 8 nitrogen and oxygen atoms in total. The smallest absolute Gasteiger partial charge is 0.332 e. The number of amides is 1. The standard InChI is InChI=1S/C18H21N5O3S/c1-4-12-11-6-8-27-13(11)5-7-23(12)14(24)9-22-10-19-16-15(22)17(25)21(3)18(26)20(16)2/h6,8,10,12H,4-5,7,9H2,1-3H3/t12-/m0/s1. The van der Waals surface area contributed by atoms with Gasteiger partial charge in [-0.05, 0) is 29.9 Å². The number of rotatable bonds is 3. The number of fused-ring (bicyclic) bond motifs is 2. The Balaban J connectivity index is 1.70. The van der Waals surface area contributed by atoms with E-state index in [0.717, 1.165) is 17.4 Å². The fraction of sp³-hybridized carbons (Fsp3) is 0.444. The van der Waals surface area contributed by atoms with Gasteiger partial charge in [0.2, 0.25) is 5.91 Å². The Hall–Kier alpha value is -2.68. The van der Waals surface area contributed by atoms with E-state index in [0.29, 0.717) is 12.2 Å². The van der Waals surface area contributed by atoms with Gasteiger partial charge in [0.25, 0.3) is 5.56 Å². The predicted octanol–water partition coefficient (Wildman–Crippen LogP) is 1.03. The average molecular weight is 387 g/mol. The van der Waals surface area contributed by atoms with Gasteiger partial charge < -0.3 is 9.47 Å². The van der Waals surface area contributed by atoms with Crippen LogP contribution >= 0.6 is 11.3 Å². The second-order valence-electron chi connectivity index (χ2n) is 6.81. The number of aryl methyl sites for hydroxylation is 1. The van der Waals surface area contributed by atoms with E-state index in [1.165, 1.54) is 28.4 Å². The van der Waals surface area contributed by atoms with Gasteiger partial charge in [-0.15, -0.1) is 11.3 Å². The zero-order valence-corrected chi connectivity index (χ0v) is 16.3. The highest BCUT2D eigenvalue weighted by molar-refractivity contribution is 7.10. The van der Waals surface area contributed by atoms with Gasteiger partial charge in [0.1, 0.15) is 6.54 Å². The Labute approximate surface area is 159 Å². The lowest BCUT2D eigenvalue weighted by atomic mass is 9.98. The van der Waals surface area contributed by atoms with Crippen molar-refractivity contribution in [2.45, 2.75) is 32.4 Å². The van der Waals surface area contributed by atoms with Crippen molar-refractivity contribution < 1.29 is 4.79 Å². The van der Waals surface area contributed by atoms with Gasteiger partial charge in [-0.25, -0.2) is 9.78 Å². The Bertz CT molecular complexity index is 1150. The van der Waals surface area contributed by atoms with E-state index in [4.69, 9.17) is 0 Å². The van der Waals surface area contributed by atoms with Gasteiger partial charge in [-0.1, -0.05) is 6.92 Å². The Kier molecular flexibility index (Phi) is 4.26. The van der Waals surface area contributed by atoms with Gasteiger partial charge in [0.15, 0.2) is 11.2 Å². The van der Waals surface area contributed by atoms with E-state index in [1.807, 2.05) is 4.90 Å². The highest BCUT2D eigenvalue weighted by atomic mass is 32.1. The summed E-state index contributed by atoms with van der Waals surface area (Å²) in [7, 11) is 3.00. The van der Waals surface area contributed by atoms with Crippen LogP contribution in [0, 0.1) is 0 Å². The molecule has 0 fully saturated rings. The summed E-state index contributed by atoms with van der Waals surface area (Å²) in [6, 6.07) is 2.17. The van der Waals surface area contributed by atoms with Gasteiger partial charge in [-0.2, -0.15) is 0 Å². The Morgan fingerprint density at radius 3 is 2.81 bits per heavy atom. The number of hydrogen-bond donors (Lipinski definition) is 0. The van der Waals surface area contributed by atoms with Crippen LogP contribution in [0.5, 0.6) is 0 Å². The molecule has 1 aliphatic rings. The molecule has 0 saturated carbocycles. The number of aromatic nitrogens is 4. The molecule has 0 spiro atoms. The molecule has 9 heteroatoms. The largest absolute Gasteiger partial charge is 0.334 e. The van der Waals surface area contributed by atoms with Crippen molar-refractivity contribution in [1.29, 1.82) is 0 Å². The van der Waals surface area contributed by atoms with Crippen molar-refractivity contribution in [2.24, 2.45) is 14.1 Å². The van der Waals surface area contributed by atoms with Crippen LogP contribution in [-0.2, 0) is 31.9 Å². The summed E-state index contributed by atoms with van der Waals surface area (Å²) in [5.74, 6) is -0.0473. The van der Waals surface area contributed by atoms with Gasteiger partial charge in [-0.3, -0.25) is 18.7 Å². The van der Waals surface area contributed by atoms with Crippen LogP contribution in [0.2, 0.25) is 0 Å². The van der Waals surface area contributed by atoms with E-state index < -0.39 is 11.2 Å². The van der Waals surface area contributed by atoms with Gasteiger partial charge in [0, 0.05) is 25.5 Å². The zero-order valence-electron chi connectivity index (χ0n) is 15.5. The molecule has 3 aromatic rings. The molecular formula is C18H21N5O3S. The fourth-order valence-electron chi connectivity index (χ4n) is 3.89. The maximum Gasteiger partial charge on any atom is 0.332 e. The van der Waals surface area contributed by atoms with Crippen molar-refractivity contribution in [1.82, 2.24) is 23.6 Å². The minimum Gasteiger partial charge on any atom is -0.334 e. The van der Waals surface area contributed by atoms with Crippen LogP contribution in [0.1, 0.15) is 29.8 Å². The third-order valence-electron chi connectivity index (χ3n) is 5.32. The molecule has 0 saturated heterocycles. The second-order valence-corrected chi connectivity index (χ2v) is 7.81. The summed E-state index contributed by atoms with van der Waals surface area (Å²) >= 11 is 1.74. The topological polar surface area (TPSA) is 82.1 Å². The SMILES string of the molecule is CC[C@H]1c2ccsc2CCN1C(=O)Cn1cnc2c1c(=O)n(C)c(=O)n2C. The molecule has 142 valence electrons. The normalized spacial score (nSPS) is 16.7. The predicted molar refractivity (Wildman–Crippen MR) is 103 cm³/mol. The molecule has 0 aromatic carbocycles. The average Bonchev–Trinajstić information content (AvgIpc) is 3.30. The summed E-state index contributed by atoms with van der Waals surface area (Å²) < 4.78 is 3.92. The van der Waals surface area contributed by atoms with E-state index in [1.54, 1.807) is 23.0 Å². The van der Waals surface area contributed by atoms with Crippen LogP contribution in [0.3, 0.4) is 0 Å². The van der Waals surface area contributed by atoms with Crippen LogP contribution in [0.25, 0.3) is 11.2 Å². The highest BCUT2D eigenvalue weighted by Gasteiger charge is 2.30. The Morgan fingerprint density at radius 2 is 2.07 bits per heavy atom. The fourth-order valence-corrected chi connectivity index (χ4v) is 4.82. The first-order valence-electron chi connectivity index (χ1n) is 8.90. The van der Waals surface area contributed by atoms with Crippen molar-refractivity contribution in [2.75, 3.05) is 6.54 Å². The molecule has 0 radical (unpaired) electrons. The molecule has 1 amide bonds. The number of carbonyl (C=O) groups is 1. The molecule has 3 aromatic heterocycles. The molecule has 0 unspecified atom stereocenters. The minimum atomic E-state index is -0.441. The van der Waals surface area contributed by atoms with Crippen molar-refractivity contribution in [3.05, 3.63) is 49.1 Å².